The Hall–Kier alpha value is -2.37. The van der Waals surface area contributed by atoms with E-state index in [0.717, 1.165) is 11.9 Å². The van der Waals surface area contributed by atoms with E-state index in [1.54, 1.807) is 21.7 Å². The van der Waals surface area contributed by atoms with E-state index in [0.29, 0.717) is 18.8 Å². The minimum atomic E-state index is -0.550. The summed E-state index contributed by atoms with van der Waals surface area (Å²) in [5.41, 5.74) is 0.898. The van der Waals surface area contributed by atoms with Crippen molar-refractivity contribution in [3.63, 3.8) is 0 Å². The van der Waals surface area contributed by atoms with Crippen LogP contribution >= 0.6 is 0 Å². The van der Waals surface area contributed by atoms with Gasteiger partial charge in [0.1, 0.15) is 5.69 Å². The zero-order valence-corrected chi connectivity index (χ0v) is 14.2. The van der Waals surface area contributed by atoms with Crippen molar-refractivity contribution in [1.82, 2.24) is 14.5 Å². The summed E-state index contributed by atoms with van der Waals surface area (Å²) < 4.78 is 6.70. The van der Waals surface area contributed by atoms with E-state index in [1.807, 2.05) is 18.2 Å². The van der Waals surface area contributed by atoms with Crippen LogP contribution in [0.4, 0.5) is 0 Å². The molecule has 0 radical (unpaired) electrons. The Morgan fingerprint density at radius 3 is 2.79 bits per heavy atom. The van der Waals surface area contributed by atoms with Crippen molar-refractivity contribution >= 4 is 17.4 Å². The number of hydrogen-bond donors (Lipinski definition) is 0. The molecule has 1 saturated heterocycles. The van der Waals surface area contributed by atoms with Crippen LogP contribution in [0.15, 0.2) is 30.5 Å². The fourth-order valence-electron chi connectivity index (χ4n) is 4.80. The van der Waals surface area contributed by atoms with Gasteiger partial charge in [-0.15, -0.1) is 0 Å². The molecule has 1 aliphatic carbocycles. The van der Waals surface area contributed by atoms with E-state index in [1.165, 1.54) is 7.11 Å². The Morgan fingerprint density at radius 2 is 2.08 bits per heavy atom. The number of fused-ring (bicyclic) bond motifs is 2. The predicted molar refractivity (Wildman–Crippen MR) is 87.4 cm³/mol. The Morgan fingerprint density at radius 1 is 1.29 bits per heavy atom. The van der Waals surface area contributed by atoms with Gasteiger partial charge in [0.15, 0.2) is 0 Å². The number of amides is 1. The van der Waals surface area contributed by atoms with Crippen molar-refractivity contribution in [1.29, 1.82) is 0 Å². The second kappa shape index (κ2) is 4.82. The molecule has 2 aromatic rings. The van der Waals surface area contributed by atoms with Crippen LogP contribution in [0.2, 0.25) is 0 Å². The van der Waals surface area contributed by atoms with E-state index in [4.69, 9.17) is 4.74 Å². The summed E-state index contributed by atoms with van der Waals surface area (Å²) >= 11 is 0. The molecule has 3 heterocycles. The van der Waals surface area contributed by atoms with Crippen molar-refractivity contribution in [3.05, 3.63) is 36.2 Å². The molecule has 2 aromatic heterocycles. The lowest BCUT2D eigenvalue weighted by atomic mass is 9.48. The van der Waals surface area contributed by atoms with E-state index in [-0.39, 0.29) is 23.2 Å². The summed E-state index contributed by atoms with van der Waals surface area (Å²) in [5, 5.41) is 4.24. The van der Waals surface area contributed by atoms with Gasteiger partial charge in [-0.2, -0.15) is 5.10 Å². The summed E-state index contributed by atoms with van der Waals surface area (Å²) in [7, 11) is 1.43. The monoisotopic (exact) mass is 327 g/mol. The molecular formula is C18H21N3O3. The average molecular weight is 327 g/mol. The molecule has 6 heteroatoms. The SMILES string of the molecule is COC(=O)[C@@]12CN(C(=O)c3cccc4ccnn34)C[C@@H]1C(C)(C)C2. The third-order valence-electron chi connectivity index (χ3n) is 5.78. The number of rotatable bonds is 2. The predicted octanol–water partition coefficient (Wildman–Crippen LogP) is 2.00. The van der Waals surface area contributed by atoms with Gasteiger partial charge in [0.25, 0.3) is 5.91 Å². The van der Waals surface area contributed by atoms with E-state index in [9.17, 15) is 9.59 Å². The Kier molecular flexibility index (Phi) is 3.04. The Balaban J connectivity index is 1.68. The molecule has 1 aliphatic heterocycles. The van der Waals surface area contributed by atoms with Gasteiger partial charge in [0, 0.05) is 13.1 Å². The van der Waals surface area contributed by atoms with Crippen LogP contribution in [0.1, 0.15) is 30.8 Å². The molecule has 2 atom stereocenters. The molecule has 2 fully saturated rings. The van der Waals surface area contributed by atoms with Gasteiger partial charge in [-0.1, -0.05) is 19.9 Å². The fourth-order valence-corrected chi connectivity index (χ4v) is 4.80. The maximum atomic E-state index is 13.1. The number of likely N-dealkylation sites (tertiary alicyclic amines) is 1. The van der Waals surface area contributed by atoms with E-state index >= 15 is 0 Å². The lowest BCUT2D eigenvalue weighted by molar-refractivity contribution is -0.174. The number of esters is 1. The fraction of sp³-hybridized carbons (Fsp3) is 0.500. The molecular weight excluding hydrogens is 306 g/mol. The average Bonchev–Trinajstić information content (AvgIpc) is 3.16. The molecule has 2 aliphatic rings. The van der Waals surface area contributed by atoms with Gasteiger partial charge >= 0.3 is 5.97 Å². The molecule has 0 spiro atoms. The molecule has 0 aromatic carbocycles. The van der Waals surface area contributed by atoms with Crippen molar-refractivity contribution < 1.29 is 14.3 Å². The summed E-state index contributed by atoms with van der Waals surface area (Å²) in [5.74, 6) is -0.143. The van der Waals surface area contributed by atoms with Crippen LogP contribution in [0.5, 0.6) is 0 Å². The number of aromatic nitrogens is 2. The number of pyridine rings is 1. The first-order chi connectivity index (χ1) is 11.4. The molecule has 4 rings (SSSR count). The van der Waals surface area contributed by atoms with Gasteiger partial charge < -0.3 is 9.64 Å². The third-order valence-corrected chi connectivity index (χ3v) is 5.78. The highest BCUT2D eigenvalue weighted by molar-refractivity contribution is 5.94. The smallest absolute Gasteiger partial charge is 0.314 e. The summed E-state index contributed by atoms with van der Waals surface area (Å²) in [6, 6.07) is 7.41. The molecule has 24 heavy (non-hydrogen) atoms. The first kappa shape index (κ1) is 15.2. The highest BCUT2D eigenvalue weighted by atomic mass is 16.5. The summed E-state index contributed by atoms with van der Waals surface area (Å²) in [6.07, 6.45) is 2.44. The van der Waals surface area contributed by atoms with Crippen LogP contribution in [-0.2, 0) is 9.53 Å². The lowest BCUT2D eigenvalue weighted by Crippen LogP contribution is -2.57. The van der Waals surface area contributed by atoms with Gasteiger partial charge in [-0.25, -0.2) is 4.52 Å². The van der Waals surface area contributed by atoms with Crippen molar-refractivity contribution in [2.24, 2.45) is 16.7 Å². The van der Waals surface area contributed by atoms with Gasteiger partial charge in [0.05, 0.1) is 24.2 Å². The van der Waals surface area contributed by atoms with Crippen LogP contribution in [0.25, 0.3) is 5.52 Å². The maximum Gasteiger partial charge on any atom is 0.314 e. The van der Waals surface area contributed by atoms with Crippen LogP contribution in [-0.4, -0.2) is 46.6 Å². The summed E-state index contributed by atoms with van der Waals surface area (Å²) in [4.78, 5) is 27.2. The highest BCUT2D eigenvalue weighted by Crippen LogP contribution is 2.63. The molecule has 1 saturated carbocycles. The second-order valence-electron chi connectivity index (χ2n) is 7.63. The number of hydrogen-bond acceptors (Lipinski definition) is 4. The molecule has 126 valence electrons. The van der Waals surface area contributed by atoms with Gasteiger partial charge in [0.2, 0.25) is 0 Å². The summed E-state index contributed by atoms with van der Waals surface area (Å²) in [6.45, 7) is 5.31. The minimum absolute atomic E-state index is 0.0426. The number of ether oxygens (including phenoxy) is 1. The molecule has 0 unspecified atom stereocenters. The van der Waals surface area contributed by atoms with E-state index in [2.05, 4.69) is 18.9 Å². The van der Waals surface area contributed by atoms with Crippen LogP contribution in [0.3, 0.4) is 0 Å². The third kappa shape index (κ3) is 1.85. The number of carbonyl (C=O) groups is 2. The molecule has 0 N–H and O–H groups in total. The normalized spacial score (nSPS) is 27.6. The number of methoxy groups -OCH3 is 1. The lowest BCUT2D eigenvalue weighted by Gasteiger charge is -2.54. The minimum Gasteiger partial charge on any atom is -0.469 e. The van der Waals surface area contributed by atoms with E-state index < -0.39 is 5.41 Å². The Labute approximate surface area is 140 Å². The van der Waals surface area contributed by atoms with Crippen molar-refractivity contribution in [3.8, 4) is 0 Å². The largest absolute Gasteiger partial charge is 0.469 e. The topological polar surface area (TPSA) is 63.9 Å². The van der Waals surface area contributed by atoms with Gasteiger partial charge in [-0.3, -0.25) is 9.59 Å². The Bertz CT molecular complexity index is 841. The zero-order chi connectivity index (χ0) is 17.1. The van der Waals surface area contributed by atoms with Gasteiger partial charge in [-0.05, 0) is 36.0 Å². The number of carbonyl (C=O) groups excluding carboxylic acids is 2. The first-order valence-corrected chi connectivity index (χ1v) is 8.19. The first-order valence-electron chi connectivity index (χ1n) is 8.19. The highest BCUT2D eigenvalue weighted by Gasteiger charge is 2.68. The quantitative estimate of drug-likeness (QED) is 0.792. The van der Waals surface area contributed by atoms with Crippen molar-refractivity contribution in [2.75, 3.05) is 20.2 Å². The zero-order valence-electron chi connectivity index (χ0n) is 14.2. The molecule has 6 nitrogen and oxygen atoms in total. The van der Waals surface area contributed by atoms with Crippen molar-refractivity contribution in [2.45, 2.75) is 20.3 Å². The standard InChI is InChI=1S/C18H21N3O3/c1-17(2)10-18(16(23)24-3)11-20(9-14(17)18)15(22)13-6-4-5-12-7-8-19-21(12)13/h4-8,14H,9-11H2,1-3H3/t14-,18+/m1/s1. The second-order valence-corrected chi connectivity index (χ2v) is 7.63. The van der Waals surface area contributed by atoms with Crippen LogP contribution in [0, 0.1) is 16.7 Å². The number of nitrogens with zero attached hydrogens (tertiary/aromatic N) is 3. The molecule has 1 amide bonds. The maximum absolute atomic E-state index is 13.1. The molecule has 0 bridgehead atoms. The van der Waals surface area contributed by atoms with Crippen LogP contribution < -0.4 is 0 Å².